The minimum absolute atomic E-state index is 0.409. The Balaban J connectivity index is 1.86. The molecule has 2 aromatic heterocycles. The molecule has 0 saturated carbocycles. The van der Waals surface area contributed by atoms with Crippen LogP contribution in [-0.4, -0.2) is 26.1 Å². The van der Waals surface area contributed by atoms with Crippen LogP contribution in [0, 0.1) is 0 Å². The first-order valence-electron chi connectivity index (χ1n) is 5.96. The van der Waals surface area contributed by atoms with E-state index in [0.29, 0.717) is 6.04 Å². The van der Waals surface area contributed by atoms with Crippen molar-refractivity contribution in [1.29, 1.82) is 0 Å². The summed E-state index contributed by atoms with van der Waals surface area (Å²) in [5.74, 6) is 0.947. The second kappa shape index (κ2) is 4.44. The van der Waals surface area contributed by atoms with E-state index in [4.69, 9.17) is 0 Å². The van der Waals surface area contributed by atoms with Crippen molar-refractivity contribution in [2.24, 2.45) is 0 Å². The fourth-order valence-electron chi connectivity index (χ4n) is 2.29. The minimum atomic E-state index is 0.409. The number of aromatic amines is 1. The van der Waals surface area contributed by atoms with E-state index in [9.17, 15) is 0 Å². The third-order valence-corrected chi connectivity index (χ3v) is 3.97. The molecule has 0 aromatic carbocycles. The first-order chi connectivity index (χ1) is 8.38. The van der Waals surface area contributed by atoms with Crippen LogP contribution < -0.4 is 4.90 Å². The normalized spacial score (nSPS) is 20.1. The number of nitrogens with zero attached hydrogens (tertiary/aromatic N) is 4. The molecule has 6 heteroatoms. The van der Waals surface area contributed by atoms with Gasteiger partial charge in [-0.05, 0) is 12.8 Å². The molecule has 1 atom stereocenters. The van der Waals surface area contributed by atoms with Crippen LogP contribution in [0.2, 0.25) is 0 Å². The third-order valence-electron chi connectivity index (χ3n) is 3.18. The lowest BCUT2D eigenvalue weighted by Crippen LogP contribution is -2.22. The molecule has 0 bridgehead atoms. The topological polar surface area (TPSA) is 57.7 Å². The van der Waals surface area contributed by atoms with Crippen LogP contribution in [0.15, 0.2) is 12.4 Å². The molecule has 3 heterocycles. The molecule has 17 heavy (non-hydrogen) atoms. The maximum absolute atomic E-state index is 4.57. The molecule has 0 amide bonds. The quantitative estimate of drug-likeness (QED) is 0.905. The van der Waals surface area contributed by atoms with Crippen LogP contribution in [-0.2, 0) is 6.42 Å². The molecule has 2 aromatic rings. The van der Waals surface area contributed by atoms with Gasteiger partial charge in [-0.2, -0.15) is 9.47 Å². The van der Waals surface area contributed by atoms with Gasteiger partial charge in [-0.25, -0.2) is 4.98 Å². The van der Waals surface area contributed by atoms with Gasteiger partial charge in [0.15, 0.2) is 0 Å². The molecule has 0 radical (unpaired) electrons. The highest BCUT2D eigenvalue weighted by Crippen LogP contribution is 2.36. The van der Waals surface area contributed by atoms with Crippen LogP contribution in [0.25, 0.3) is 0 Å². The first kappa shape index (κ1) is 10.7. The Kier molecular flexibility index (Phi) is 2.80. The summed E-state index contributed by atoms with van der Waals surface area (Å²) < 4.78 is 4.36. The molecule has 0 aliphatic carbocycles. The summed E-state index contributed by atoms with van der Waals surface area (Å²) in [6.45, 7) is 3.15. The summed E-state index contributed by atoms with van der Waals surface area (Å²) in [7, 11) is 0. The predicted molar refractivity (Wildman–Crippen MR) is 67.2 cm³/mol. The van der Waals surface area contributed by atoms with Crippen molar-refractivity contribution in [2.75, 3.05) is 11.4 Å². The van der Waals surface area contributed by atoms with Crippen molar-refractivity contribution >= 4 is 16.7 Å². The Morgan fingerprint density at radius 1 is 1.59 bits per heavy atom. The number of hydrogen-bond donors (Lipinski definition) is 1. The number of nitrogens with one attached hydrogen (secondary N) is 1. The summed E-state index contributed by atoms with van der Waals surface area (Å²) in [5.41, 5.74) is 1.25. The van der Waals surface area contributed by atoms with Crippen molar-refractivity contribution in [3.8, 4) is 0 Å². The fourth-order valence-corrected chi connectivity index (χ4v) is 3.12. The molecule has 1 N–H and O–H groups in total. The lowest BCUT2D eigenvalue weighted by Gasteiger charge is -2.22. The van der Waals surface area contributed by atoms with E-state index >= 15 is 0 Å². The van der Waals surface area contributed by atoms with Crippen LogP contribution in [0.4, 0.5) is 5.13 Å². The van der Waals surface area contributed by atoms with E-state index in [2.05, 4.69) is 31.4 Å². The van der Waals surface area contributed by atoms with Crippen molar-refractivity contribution < 1.29 is 0 Å². The molecular formula is C11H15N5S. The molecule has 1 fully saturated rings. The highest BCUT2D eigenvalue weighted by atomic mass is 32.1. The summed E-state index contributed by atoms with van der Waals surface area (Å²) in [6, 6.07) is 0.409. The van der Waals surface area contributed by atoms with Crippen molar-refractivity contribution in [3.05, 3.63) is 23.8 Å². The Morgan fingerprint density at radius 2 is 2.53 bits per heavy atom. The van der Waals surface area contributed by atoms with E-state index in [0.717, 1.165) is 23.9 Å². The summed E-state index contributed by atoms with van der Waals surface area (Å²) >= 11 is 1.51. The molecule has 90 valence electrons. The molecule has 3 rings (SSSR count). The van der Waals surface area contributed by atoms with E-state index < -0.39 is 0 Å². The third kappa shape index (κ3) is 1.93. The molecule has 1 saturated heterocycles. The van der Waals surface area contributed by atoms with Crippen molar-refractivity contribution in [3.63, 3.8) is 0 Å². The smallest absolute Gasteiger partial charge is 0.205 e. The zero-order valence-corrected chi connectivity index (χ0v) is 10.6. The van der Waals surface area contributed by atoms with E-state index in [-0.39, 0.29) is 0 Å². The summed E-state index contributed by atoms with van der Waals surface area (Å²) in [6.07, 6.45) is 7.16. The van der Waals surface area contributed by atoms with Crippen LogP contribution in [0.1, 0.15) is 37.2 Å². The first-order valence-corrected chi connectivity index (χ1v) is 6.73. The number of anilines is 1. The fraction of sp³-hybridized carbons (Fsp3) is 0.545. The number of aryl methyl sites for hydroxylation is 1. The SMILES string of the molecule is CCc1nsc(N2CCCC2c2cn[nH]c2)n1. The molecule has 1 aliphatic rings. The molecule has 5 nitrogen and oxygen atoms in total. The number of rotatable bonds is 3. The van der Waals surface area contributed by atoms with Gasteiger partial charge < -0.3 is 4.90 Å². The monoisotopic (exact) mass is 249 g/mol. The van der Waals surface area contributed by atoms with E-state index in [1.165, 1.54) is 29.9 Å². The van der Waals surface area contributed by atoms with E-state index in [1.807, 2.05) is 12.4 Å². The van der Waals surface area contributed by atoms with Crippen LogP contribution in [0.5, 0.6) is 0 Å². The Morgan fingerprint density at radius 3 is 3.24 bits per heavy atom. The van der Waals surface area contributed by atoms with E-state index in [1.54, 1.807) is 0 Å². The number of H-pyrrole nitrogens is 1. The van der Waals surface area contributed by atoms with Crippen LogP contribution >= 0.6 is 11.5 Å². The summed E-state index contributed by atoms with van der Waals surface area (Å²) in [5, 5.41) is 7.96. The number of aromatic nitrogens is 4. The zero-order chi connectivity index (χ0) is 11.7. The van der Waals surface area contributed by atoms with Crippen molar-refractivity contribution in [2.45, 2.75) is 32.2 Å². The van der Waals surface area contributed by atoms with Gasteiger partial charge in [-0.1, -0.05) is 6.92 Å². The molecule has 1 aliphatic heterocycles. The van der Waals surface area contributed by atoms with Gasteiger partial charge in [0.25, 0.3) is 0 Å². The lowest BCUT2D eigenvalue weighted by molar-refractivity contribution is 0.716. The van der Waals surface area contributed by atoms with Gasteiger partial charge in [-0.3, -0.25) is 5.10 Å². The maximum atomic E-state index is 4.57. The van der Waals surface area contributed by atoms with Gasteiger partial charge in [-0.15, -0.1) is 0 Å². The van der Waals surface area contributed by atoms with Gasteiger partial charge in [0.05, 0.1) is 12.2 Å². The van der Waals surface area contributed by atoms with Gasteiger partial charge in [0, 0.05) is 36.3 Å². The Bertz CT molecular complexity index is 478. The average Bonchev–Trinajstić information content (AvgIpc) is 3.09. The highest BCUT2D eigenvalue weighted by Gasteiger charge is 2.29. The van der Waals surface area contributed by atoms with Crippen LogP contribution in [0.3, 0.4) is 0 Å². The summed E-state index contributed by atoms with van der Waals surface area (Å²) in [4.78, 5) is 6.92. The second-order valence-corrected chi connectivity index (χ2v) is 4.96. The molecule has 0 spiro atoms. The second-order valence-electron chi connectivity index (χ2n) is 4.23. The van der Waals surface area contributed by atoms with Gasteiger partial charge >= 0.3 is 0 Å². The standard InChI is InChI=1S/C11H15N5S/c1-2-10-14-11(17-15-10)16-5-3-4-9(16)8-6-12-13-7-8/h6-7,9H,2-5H2,1H3,(H,12,13). The lowest BCUT2D eigenvalue weighted by atomic mass is 10.1. The minimum Gasteiger partial charge on any atom is -0.340 e. The Hall–Kier alpha value is -1.43. The number of hydrogen-bond acceptors (Lipinski definition) is 5. The molecule has 1 unspecified atom stereocenters. The predicted octanol–water partition coefficient (Wildman–Crippen LogP) is 2.17. The average molecular weight is 249 g/mol. The highest BCUT2D eigenvalue weighted by molar-refractivity contribution is 7.09. The maximum Gasteiger partial charge on any atom is 0.205 e. The zero-order valence-electron chi connectivity index (χ0n) is 9.76. The van der Waals surface area contributed by atoms with Gasteiger partial charge in [0.2, 0.25) is 5.13 Å². The Labute approximate surface area is 104 Å². The van der Waals surface area contributed by atoms with Gasteiger partial charge in [0.1, 0.15) is 5.82 Å². The van der Waals surface area contributed by atoms with Crippen molar-refractivity contribution in [1.82, 2.24) is 19.6 Å². The molecular weight excluding hydrogens is 234 g/mol. The largest absolute Gasteiger partial charge is 0.340 e.